The second-order valence-corrected chi connectivity index (χ2v) is 6.00. The standard InChI is InChI=1S/C16H21F2NO5/c1-16(2,3)24-15(21)19-12(14(20)23-5)7-9-6-10(17)11(18)8-13(9)22-4/h6,8,12H,7H2,1-5H3,(H,19,21)/i17-1. The van der Waals surface area contributed by atoms with E-state index in [1.54, 1.807) is 20.8 Å². The number of amides is 1. The third-order valence-electron chi connectivity index (χ3n) is 2.92. The van der Waals surface area contributed by atoms with Crippen LogP contribution in [0, 0.1) is 11.6 Å². The van der Waals surface area contributed by atoms with Crippen LogP contribution in [0.25, 0.3) is 0 Å². The van der Waals surface area contributed by atoms with Crippen molar-refractivity contribution in [1.82, 2.24) is 5.32 Å². The van der Waals surface area contributed by atoms with Gasteiger partial charge in [-0.25, -0.2) is 18.4 Å². The third-order valence-corrected chi connectivity index (χ3v) is 2.92. The Balaban J connectivity index is 3.01. The predicted octanol–water partition coefficient (Wildman–Crippen LogP) is 2.58. The number of nitrogens with one attached hydrogen (secondary N) is 1. The van der Waals surface area contributed by atoms with Crippen LogP contribution in [-0.4, -0.2) is 37.9 Å². The van der Waals surface area contributed by atoms with E-state index < -0.39 is 35.3 Å². The average molecular weight is 344 g/mol. The molecule has 1 amide bonds. The summed E-state index contributed by atoms with van der Waals surface area (Å²) < 4.78 is 41.4. The minimum atomic E-state index is -1.15. The van der Waals surface area contributed by atoms with Crippen LogP contribution in [-0.2, 0) is 20.7 Å². The molecule has 1 aromatic carbocycles. The van der Waals surface area contributed by atoms with Gasteiger partial charge in [0.15, 0.2) is 11.6 Å². The van der Waals surface area contributed by atoms with Gasteiger partial charge >= 0.3 is 12.1 Å². The van der Waals surface area contributed by atoms with Crippen molar-refractivity contribution < 1.29 is 32.6 Å². The monoisotopic (exact) mass is 344 g/mol. The van der Waals surface area contributed by atoms with E-state index >= 15 is 0 Å². The molecule has 0 saturated heterocycles. The van der Waals surface area contributed by atoms with Gasteiger partial charge in [0.25, 0.3) is 0 Å². The van der Waals surface area contributed by atoms with Gasteiger partial charge in [0.2, 0.25) is 0 Å². The van der Waals surface area contributed by atoms with Crippen LogP contribution in [0.5, 0.6) is 5.75 Å². The fourth-order valence-electron chi connectivity index (χ4n) is 1.92. The molecule has 0 aliphatic rings. The lowest BCUT2D eigenvalue weighted by Crippen LogP contribution is -2.45. The molecule has 134 valence electrons. The molecule has 0 radical (unpaired) electrons. The fraction of sp³-hybridized carbons (Fsp3) is 0.500. The highest BCUT2D eigenvalue weighted by Crippen LogP contribution is 2.24. The van der Waals surface area contributed by atoms with Crippen molar-refractivity contribution in [3.05, 3.63) is 29.3 Å². The number of benzene rings is 1. The second-order valence-electron chi connectivity index (χ2n) is 6.00. The van der Waals surface area contributed by atoms with Crippen molar-refractivity contribution in [3.63, 3.8) is 0 Å². The molecule has 8 heteroatoms. The normalized spacial score (nSPS) is 12.3. The van der Waals surface area contributed by atoms with Crippen molar-refractivity contribution >= 4 is 12.1 Å². The second kappa shape index (κ2) is 7.94. The number of halogens is 2. The van der Waals surface area contributed by atoms with E-state index in [1.807, 2.05) is 0 Å². The highest BCUT2D eigenvalue weighted by Gasteiger charge is 2.27. The van der Waals surface area contributed by atoms with Gasteiger partial charge in [-0.15, -0.1) is 0 Å². The molecule has 24 heavy (non-hydrogen) atoms. The van der Waals surface area contributed by atoms with Crippen LogP contribution in [0.2, 0.25) is 0 Å². The molecule has 0 spiro atoms. The van der Waals surface area contributed by atoms with E-state index in [-0.39, 0.29) is 17.7 Å². The number of carbonyl (C=O) groups is 2. The molecule has 1 unspecified atom stereocenters. The Morgan fingerprint density at radius 2 is 1.75 bits per heavy atom. The quantitative estimate of drug-likeness (QED) is 0.831. The minimum Gasteiger partial charge on any atom is -0.496 e. The van der Waals surface area contributed by atoms with Crippen LogP contribution in [0.15, 0.2) is 12.1 Å². The summed E-state index contributed by atoms with van der Waals surface area (Å²) in [6.45, 7) is 4.99. The fourth-order valence-corrected chi connectivity index (χ4v) is 1.92. The predicted molar refractivity (Wildman–Crippen MR) is 81.8 cm³/mol. The summed E-state index contributed by atoms with van der Waals surface area (Å²) >= 11 is 0. The van der Waals surface area contributed by atoms with Crippen LogP contribution in [0.1, 0.15) is 26.3 Å². The molecular weight excluding hydrogens is 323 g/mol. The van der Waals surface area contributed by atoms with Gasteiger partial charge in [-0.3, -0.25) is 0 Å². The zero-order chi connectivity index (χ0) is 18.5. The lowest BCUT2D eigenvalue weighted by Gasteiger charge is -2.23. The average Bonchev–Trinajstić information content (AvgIpc) is 2.47. The SMILES string of the molecule is COC(=O)C(Cc1cc([18F])c(F)cc1OC)NC(=O)OC(C)(C)C. The molecule has 0 saturated carbocycles. The number of hydrogen-bond donors (Lipinski definition) is 1. The number of rotatable bonds is 5. The van der Waals surface area contributed by atoms with E-state index in [0.717, 1.165) is 19.2 Å². The van der Waals surface area contributed by atoms with E-state index in [1.165, 1.54) is 7.11 Å². The van der Waals surface area contributed by atoms with Crippen LogP contribution < -0.4 is 10.1 Å². The zero-order valence-electron chi connectivity index (χ0n) is 14.2. The van der Waals surface area contributed by atoms with Crippen LogP contribution >= 0.6 is 0 Å². The van der Waals surface area contributed by atoms with Gasteiger partial charge in [0, 0.05) is 12.5 Å². The molecule has 0 fully saturated rings. The number of alkyl carbamates (subject to hydrolysis) is 1. The summed E-state index contributed by atoms with van der Waals surface area (Å²) in [5.41, 5.74) is -0.562. The van der Waals surface area contributed by atoms with E-state index in [2.05, 4.69) is 10.1 Å². The van der Waals surface area contributed by atoms with Gasteiger partial charge in [-0.2, -0.15) is 0 Å². The number of ether oxygens (including phenoxy) is 3. The zero-order valence-corrected chi connectivity index (χ0v) is 14.2. The lowest BCUT2D eigenvalue weighted by atomic mass is 10.0. The van der Waals surface area contributed by atoms with Crippen molar-refractivity contribution in [1.29, 1.82) is 0 Å². The third kappa shape index (κ3) is 5.68. The number of hydrogen-bond acceptors (Lipinski definition) is 5. The maximum atomic E-state index is 13.5. The van der Waals surface area contributed by atoms with Gasteiger partial charge in [0.05, 0.1) is 14.2 Å². The molecule has 0 aliphatic carbocycles. The van der Waals surface area contributed by atoms with Gasteiger partial charge in [-0.05, 0) is 32.4 Å². The maximum Gasteiger partial charge on any atom is 0.408 e. The molecule has 1 rings (SSSR count). The summed E-state index contributed by atoms with van der Waals surface area (Å²) in [6, 6.07) is 0.622. The first kappa shape index (κ1) is 19.7. The van der Waals surface area contributed by atoms with E-state index in [0.29, 0.717) is 0 Å². The number of carbonyl (C=O) groups excluding carboxylic acids is 2. The Bertz CT molecular complexity index is 613. The highest BCUT2D eigenvalue weighted by molar-refractivity contribution is 5.81. The summed E-state index contributed by atoms with van der Waals surface area (Å²) in [4.78, 5) is 23.7. The molecule has 0 bridgehead atoms. The van der Waals surface area contributed by atoms with E-state index in [4.69, 9.17) is 9.47 Å². The summed E-state index contributed by atoms with van der Waals surface area (Å²) in [6.07, 6.45) is -0.994. The van der Waals surface area contributed by atoms with Gasteiger partial charge in [0.1, 0.15) is 17.4 Å². The molecule has 0 heterocycles. The number of methoxy groups -OCH3 is 2. The molecule has 6 nitrogen and oxygen atoms in total. The van der Waals surface area contributed by atoms with Crippen molar-refractivity contribution in [2.75, 3.05) is 14.2 Å². The molecule has 1 atom stereocenters. The Morgan fingerprint density at radius 1 is 1.17 bits per heavy atom. The smallest absolute Gasteiger partial charge is 0.408 e. The lowest BCUT2D eigenvalue weighted by molar-refractivity contribution is -0.143. The molecular formula is C16H21F2NO5. The first-order chi connectivity index (χ1) is 11.1. The van der Waals surface area contributed by atoms with Crippen LogP contribution in [0.4, 0.5) is 13.6 Å². The van der Waals surface area contributed by atoms with Gasteiger partial charge < -0.3 is 19.5 Å². The first-order valence-electron chi connectivity index (χ1n) is 7.16. The topological polar surface area (TPSA) is 73.9 Å². The molecule has 0 aliphatic heterocycles. The van der Waals surface area contributed by atoms with Crippen molar-refractivity contribution in [3.8, 4) is 5.75 Å². The first-order valence-corrected chi connectivity index (χ1v) is 7.16. The Morgan fingerprint density at radius 3 is 2.25 bits per heavy atom. The minimum absolute atomic E-state index is 0.0498. The van der Waals surface area contributed by atoms with E-state index in [9.17, 15) is 18.4 Å². The van der Waals surface area contributed by atoms with Crippen LogP contribution in [0.3, 0.4) is 0 Å². The highest BCUT2D eigenvalue weighted by atomic mass is 19.1. The van der Waals surface area contributed by atoms with Gasteiger partial charge in [-0.1, -0.05) is 0 Å². The maximum absolute atomic E-state index is 13.5. The Labute approximate surface area is 139 Å². The van der Waals surface area contributed by atoms with Crippen molar-refractivity contribution in [2.24, 2.45) is 0 Å². The van der Waals surface area contributed by atoms with Crippen molar-refractivity contribution in [2.45, 2.75) is 38.8 Å². The molecule has 1 aromatic rings. The summed E-state index contributed by atoms with van der Waals surface area (Å²) in [5.74, 6) is -2.88. The summed E-state index contributed by atoms with van der Waals surface area (Å²) in [5, 5.41) is 2.35. The number of esters is 1. The Hall–Kier alpha value is -2.38. The Kier molecular flexibility index (Phi) is 6.51. The molecule has 1 N–H and O–H groups in total. The largest absolute Gasteiger partial charge is 0.496 e. The summed E-state index contributed by atoms with van der Waals surface area (Å²) in [7, 11) is 2.43. The molecule has 0 aromatic heterocycles.